The van der Waals surface area contributed by atoms with Gasteiger partial charge in [0.05, 0.1) is 13.2 Å². The molecule has 0 heterocycles. The Morgan fingerprint density at radius 3 is 2.29 bits per heavy atom. The minimum absolute atomic E-state index is 0.00730. The second-order valence-electron chi connectivity index (χ2n) is 9.51. The van der Waals surface area contributed by atoms with Crippen LogP contribution in [0.3, 0.4) is 0 Å². The molecule has 1 aromatic carbocycles. The maximum absolute atomic E-state index is 13.7. The minimum atomic E-state index is -1.22. The van der Waals surface area contributed by atoms with Crippen LogP contribution in [-0.2, 0) is 23.9 Å². The molecule has 0 radical (unpaired) electrons. The highest BCUT2D eigenvalue weighted by molar-refractivity contribution is 5.93. The van der Waals surface area contributed by atoms with E-state index in [9.17, 15) is 24.4 Å². The predicted molar refractivity (Wildman–Crippen MR) is 129 cm³/mol. The number of nitrogens with one attached hydrogen (secondary N) is 2. The van der Waals surface area contributed by atoms with Gasteiger partial charge in [-0.25, -0.2) is 4.79 Å². The summed E-state index contributed by atoms with van der Waals surface area (Å²) in [5.74, 6) is -1.93. The van der Waals surface area contributed by atoms with Gasteiger partial charge in [-0.1, -0.05) is 38.1 Å². The van der Waals surface area contributed by atoms with E-state index in [1.165, 1.54) is 7.11 Å². The van der Waals surface area contributed by atoms with Crippen LogP contribution >= 0.6 is 0 Å². The van der Waals surface area contributed by atoms with Gasteiger partial charge in [-0.05, 0) is 51.2 Å². The van der Waals surface area contributed by atoms with Crippen LogP contribution in [0.15, 0.2) is 24.3 Å². The van der Waals surface area contributed by atoms with Gasteiger partial charge in [-0.3, -0.25) is 14.4 Å². The van der Waals surface area contributed by atoms with Crippen molar-refractivity contribution >= 4 is 23.9 Å². The molecule has 2 unspecified atom stereocenters. The van der Waals surface area contributed by atoms with Gasteiger partial charge in [-0.15, -0.1) is 0 Å². The summed E-state index contributed by atoms with van der Waals surface area (Å²) in [4.78, 5) is 52.2. The number of carbonyl (C=O) groups excluding carboxylic acids is 4. The second-order valence-corrected chi connectivity index (χ2v) is 9.51. The lowest BCUT2D eigenvalue weighted by Crippen LogP contribution is -2.53. The van der Waals surface area contributed by atoms with E-state index in [0.717, 1.165) is 4.90 Å². The van der Waals surface area contributed by atoms with Gasteiger partial charge < -0.3 is 25.0 Å². The lowest BCUT2D eigenvalue weighted by atomic mass is 9.96. The molecule has 0 aliphatic rings. The van der Waals surface area contributed by atoms with Crippen molar-refractivity contribution < 1.29 is 28.7 Å². The third kappa shape index (κ3) is 9.65. The van der Waals surface area contributed by atoms with Gasteiger partial charge in [0.15, 0.2) is 0 Å². The molecule has 0 bridgehead atoms. The van der Waals surface area contributed by atoms with Gasteiger partial charge in [-0.2, -0.15) is 5.26 Å². The molecule has 3 amide bonds. The molecule has 0 fully saturated rings. The Balaban J connectivity index is 3.44. The molecule has 0 aliphatic carbocycles. The van der Waals surface area contributed by atoms with E-state index in [2.05, 4.69) is 15.4 Å². The second kappa shape index (κ2) is 13.3. The summed E-state index contributed by atoms with van der Waals surface area (Å²) in [6.45, 7) is 9.82. The smallest absolute Gasteiger partial charge is 0.408 e. The fraction of sp³-hybridized carbons (Fsp3) is 0.560. The van der Waals surface area contributed by atoms with E-state index >= 15 is 0 Å². The zero-order valence-corrected chi connectivity index (χ0v) is 21.5. The monoisotopic (exact) mass is 488 g/mol. The summed E-state index contributed by atoms with van der Waals surface area (Å²) in [5.41, 5.74) is 0.417. The zero-order valence-electron chi connectivity index (χ0n) is 21.5. The quantitative estimate of drug-likeness (QED) is 0.381. The average Bonchev–Trinajstić information content (AvgIpc) is 2.75. The Morgan fingerprint density at radius 2 is 1.77 bits per heavy atom. The first kappa shape index (κ1) is 29.4. The molecular formula is C25H36N4O6. The van der Waals surface area contributed by atoms with Crippen molar-refractivity contribution in [2.75, 3.05) is 20.2 Å². The molecule has 0 spiro atoms. The normalized spacial score (nSPS) is 12.7. The molecule has 192 valence electrons. The van der Waals surface area contributed by atoms with E-state index < -0.39 is 54.7 Å². The molecule has 10 heteroatoms. The van der Waals surface area contributed by atoms with Crippen LogP contribution in [0.2, 0.25) is 0 Å². The number of aryl methyl sites for hydroxylation is 1. The first-order chi connectivity index (χ1) is 16.3. The van der Waals surface area contributed by atoms with E-state index in [4.69, 9.17) is 4.74 Å². The zero-order chi connectivity index (χ0) is 26.8. The number of ether oxygens (including phenoxy) is 2. The highest BCUT2D eigenvalue weighted by Gasteiger charge is 2.37. The Kier molecular flexibility index (Phi) is 11.2. The Labute approximate surface area is 206 Å². The first-order valence-corrected chi connectivity index (χ1v) is 11.4. The molecule has 2 N–H and O–H groups in total. The lowest BCUT2D eigenvalue weighted by Gasteiger charge is -2.34. The van der Waals surface area contributed by atoms with Crippen molar-refractivity contribution in [1.82, 2.24) is 15.5 Å². The molecule has 2 atom stereocenters. The molecule has 1 aromatic rings. The van der Waals surface area contributed by atoms with Gasteiger partial charge in [0.1, 0.15) is 30.8 Å². The predicted octanol–water partition coefficient (Wildman–Crippen LogP) is 2.62. The standard InChI is InChI=1S/C25H36N4O6/c1-16(2)14-19(28-24(33)35-25(4,5)6)23(32)29(13-12-26)21(18-11-9-8-10-17(18)3)22(31)27-15-20(30)34-7/h8-11,16,19,21H,13-15H2,1-7H3,(H,27,31)(H,28,33). The summed E-state index contributed by atoms with van der Waals surface area (Å²) in [6.07, 6.45) is -0.527. The summed E-state index contributed by atoms with van der Waals surface area (Å²) >= 11 is 0. The third-order valence-electron chi connectivity index (χ3n) is 4.90. The van der Waals surface area contributed by atoms with Crippen LogP contribution in [0, 0.1) is 24.2 Å². The number of nitrogens with zero attached hydrogens (tertiary/aromatic N) is 2. The first-order valence-electron chi connectivity index (χ1n) is 11.4. The fourth-order valence-corrected chi connectivity index (χ4v) is 3.39. The van der Waals surface area contributed by atoms with Crippen LogP contribution in [0.5, 0.6) is 0 Å². The molecule has 0 saturated carbocycles. The third-order valence-corrected chi connectivity index (χ3v) is 4.90. The molecule has 0 saturated heterocycles. The van der Waals surface area contributed by atoms with Crippen LogP contribution < -0.4 is 10.6 Å². The Bertz CT molecular complexity index is 948. The fourth-order valence-electron chi connectivity index (χ4n) is 3.39. The number of esters is 1. The minimum Gasteiger partial charge on any atom is -0.468 e. The summed E-state index contributed by atoms with van der Waals surface area (Å²) in [7, 11) is 1.19. The molecule has 0 aromatic heterocycles. The molecule has 35 heavy (non-hydrogen) atoms. The number of rotatable bonds is 10. The van der Waals surface area contributed by atoms with E-state index in [1.54, 1.807) is 52.0 Å². The van der Waals surface area contributed by atoms with Crippen LogP contribution in [0.1, 0.15) is 58.2 Å². The highest BCUT2D eigenvalue weighted by atomic mass is 16.6. The van der Waals surface area contributed by atoms with Gasteiger partial charge >= 0.3 is 12.1 Å². The van der Waals surface area contributed by atoms with E-state index in [1.807, 2.05) is 19.9 Å². The summed E-state index contributed by atoms with van der Waals surface area (Å²) in [6, 6.07) is 6.62. The largest absolute Gasteiger partial charge is 0.468 e. The Hall–Kier alpha value is -3.61. The van der Waals surface area contributed by atoms with Gasteiger partial charge in [0.2, 0.25) is 11.8 Å². The number of benzene rings is 1. The number of nitriles is 1. The topological polar surface area (TPSA) is 138 Å². The van der Waals surface area contributed by atoms with E-state index in [0.29, 0.717) is 11.1 Å². The van der Waals surface area contributed by atoms with Crippen molar-refractivity contribution in [2.45, 2.75) is 65.6 Å². The summed E-state index contributed by atoms with van der Waals surface area (Å²) < 4.78 is 9.89. The number of amides is 3. The van der Waals surface area contributed by atoms with Crippen molar-refractivity contribution in [3.8, 4) is 6.07 Å². The SMILES string of the molecule is COC(=O)CNC(=O)C(c1ccccc1C)N(CC#N)C(=O)C(CC(C)C)NC(=O)OC(C)(C)C. The molecular weight excluding hydrogens is 452 g/mol. The Morgan fingerprint density at radius 1 is 1.14 bits per heavy atom. The maximum atomic E-state index is 13.7. The van der Waals surface area contributed by atoms with Gasteiger partial charge in [0, 0.05) is 0 Å². The number of alkyl carbamates (subject to hydrolysis) is 1. The average molecular weight is 489 g/mol. The van der Waals surface area contributed by atoms with Crippen molar-refractivity contribution in [3.05, 3.63) is 35.4 Å². The van der Waals surface area contributed by atoms with Crippen molar-refractivity contribution in [3.63, 3.8) is 0 Å². The number of methoxy groups -OCH3 is 1. The van der Waals surface area contributed by atoms with Crippen LogP contribution in [0.4, 0.5) is 4.79 Å². The lowest BCUT2D eigenvalue weighted by molar-refractivity contribution is -0.144. The molecule has 10 nitrogen and oxygen atoms in total. The van der Waals surface area contributed by atoms with E-state index in [-0.39, 0.29) is 12.3 Å². The van der Waals surface area contributed by atoms with Crippen LogP contribution in [0.25, 0.3) is 0 Å². The van der Waals surface area contributed by atoms with Crippen LogP contribution in [-0.4, -0.2) is 60.6 Å². The number of hydrogen-bond acceptors (Lipinski definition) is 7. The van der Waals surface area contributed by atoms with Crippen molar-refractivity contribution in [2.24, 2.45) is 5.92 Å². The number of hydrogen-bond donors (Lipinski definition) is 2. The molecule has 0 aliphatic heterocycles. The highest BCUT2D eigenvalue weighted by Crippen LogP contribution is 2.26. The maximum Gasteiger partial charge on any atom is 0.408 e. The number of carbonyl (C=O) groups is 4. The molecule has 1 rings (SSSR count). The van der Waals surface area contributed by atoms with Gasteiger partial charge in [0.25, 0.3) is 0 Å². The van der Waals surface area contributed by atoms with Crippen molar-refractivity contribution in [1.29, 1.82) is 5.26 Å². The summed E-state index contributed by atoms with van der Waals surface area (Å²) in [5, 5.41) is 14.6.